The van der Waals surface area contributed by atoms with E-state index in [9.17, 15) is 0 Å². The van der Waals surface area contributed by atoms with Crippen molar-refractivity contribution in [3.05, 3.63) is 47.5 Å². The van der Waals surface area contributed by atoms with Crippen LogP contribution < -0.4 is 5.73 Å². The predicted molar refractivity (Wildman–Crippen MR) is 64.9 cm³/mol. The van der Waals surface area contributed by atoms with E-state index < -0.39 is 0 Å². The van der Waals surface area contributed by atoms with Gasteiger partial charge in [-0.1, -0.05) is 24.3 Å². The molecule has 2 N–H and O–H groups in total. The first-order valence-corrected chi connectivity index (χ1v) is 4.59. The summed E-state index contributed by atoms with van der Waals surface area (Å²) in [5.74, 6) is 0. The van der Waals surface area contributed by atoms with Gasteiger partial charge in [0.1, 0.15) is 0 Å². The lowest BCUT2D eigenvalue weighted by molar-refractivity contribution is 0.730. The average Bonchev–Trinajstić information content (AvgIpc) is 2.04. The molecule has 1 rings (SSSR count). The summed E-state index contributed by atoms with van der Waals surface area (Å²) in [5.41, 5.74) is 9.85. The minimum Gasteiger partial charge on any atom is -0.324 e. The van der Waals surface area contributed by atoms with E-state index in [0.29, 0.717) is 0 Å². The first-order valence-electron chi connectivity index (χ1n) is 4.59. The molecule has 0 aliphatic rings. The van der Waals surface area contributed by atoms with E-state index >= 15 is 0 Å². The predicted octanol–water partition coefficient (Wildman–Crippen LogP) is 3.30. The van der Waals surface area contributed by atoms with Gasteiger partial charge in [0.15, 0.2) is 0 Å². The fraction of sp³-hybridized carbons (Fsp3) is 0.333. The minimum atomic E-state index is 0. The third-order valence-corrected chi connectivity index (χ3v) is 2.33. The molecule has 1 aromatic rings. The highest BCUT2D eigenvalue weighted by atomic mass is 35.5. The highest BCUT2D eigenvalue weighted by Gasteiger charge is 2.09. The van der Waals surface area contributed by atoms with Crippen LogP contribution in [0, 0.1) is 13.8 Å². The normalized spacial score (nSPS) is 11.6. The van der Waals surface area contributed by atoms with Gasteiger partial charge in [0.25, 0.3) is 0 Å². The van der Waals surface area contributed by atoms with Crippen LogP contribution in [0.5, 0.6) is 0 Å². The van der Waals surface area contributed by atoms with Gasteiger partial charge in [-0.15, -0.1) is 19.0 Å². The molecule has 0 heterocycles. The number of hydrogen-bond acceptors (Lipinski definition) is 1. The summed E-state index contributed by atoms with van der Waals surface area (Å²) in [5, 5.41) is 0. The lowest BCUT2D eigenvalue weighted by Gasteiger charge is -2.15. The molecule has 1 atom stereocenters. The zero-order valence-electron chi connectivity index (χ0n) is 8.79. The van der Waals surface area contributed by atoms with Crippen molar-refractivity contribution in [2.75, 3.05) is 0 Å². The van der Waals surface area contributed by atoms with Gasteiger partial charge in [-0.2, -0.15) is 0 Å². The summed E-state index contributed by atoms with van der Waals surface area (Å²) in [6.45, 7) is 7.91. The van der Waals surface area contributed by atoms with Crippen LogP contribution in [0.4, 0.5) is 0 Å². The van der Waals surface area contributed by atoms with Crippen LogP contribution in [-0.2, 0) is 0 Å². The van der Waals surface area contributed by atoms with Gasteiger partial charge < -0.3 is 5.73 Å². The average molecular weight is 212 g/mol. The molecule has 0 aromatic heterocycles. The Kier molecular flexibility index (Phi) is 5.51. The molecule has 0 spiro atoms. The van der Waals surface area contributed by atoms with Crippen LogP contribution in [0.3, 0.4) is 0 Å². The van der Waals surface area contributed by atoms with Crippen molar-refractivity contribution in [2.24, 2.45) is 5.73 Å². The first-order chi connectivity index (χ1) is 6.16. The van der Waals surface area contributed by atoms with Gasteiger partial charge in [-0.3, -0.25) is 0 Å². The molecule has 0 unspecified atom stereocenters. The number of halogens is 1. The van der Waals surface area contributed by atoms with Crippen molar-refractivity contribution < 1.29 is 0 Å². The minimum absolute atomic E-state index is 0. The van der Waals surface area contributed by atoms with Crippen molar-refractivity contribution in [3.63, 3.8) is 0 Å². The molecule has 0 bridgehead atoms. The van der Waals surface area contributed by atoms with E-state index in [1.165, 1.54) is 16.7 Å². The Labute approximate surface area is 92.4 Å². The van der Waals surface area contributed by atoms with Crippen LogP contribution in [-0.4, -0.2) is 0 Å². The summed E-state index contributed by atoms with van der Waals surface area (Å²) < 4.78 is 0. The number of benzene rings is 1. The molecule has 0 aliphatic heterocycles. The molecule has 0 amide bonds. The molecule has 1 aromatic carbocycles. The largest absolute Gasteiger partial charge is 0.324 e. The zero-order chi connectivity index (χ0) is 9.84. The van der Waals surface area contributed by atoms with Crippen molar-refractivity contribution >= 4 is 12.4 Å². The third kappa shape index (κ3) is 2.86. The number of nitrogens with two attached hydrogens (primary N) is 1. The molecule has 0 radical (unpaired) electrons. The molecule has 78 valence electrons. The maximum absolute atomic E-state index is 6.04. The number of aryl methyl sites for hydroxylation is 2. The molecular weight excluding hydrogens is 194 g/mol. The second-order valence-corrected chi connectivity index (χ2v) is 3.44. The second kappa shape index (κ2) is 5.84. The Hall–Kier alpha value is -0.790. The van der Waals surface area contributed by atoms with Gasteiger partial charge in [0.05, 0.1) is 0 Å². The topological polar surface area (TPSA) is 26.0 Å². The fourth-order valence-electron chi connectivity index (χ4n) is 1.71. The Morgan fingerprint density at radius 1 is 1.36 bits per heavy atom. The third-order valence-electron chi connectivity index (χ3n) is 2.33. The summed E-state index contributed by atoms with van der Waals surface area (Å²) >= 11 is 0. The summed E-state index contributed by atoms with van der Waals surface area (Å²) in [4.78, 5) is 0. The van der Waals surface area contributed by atoms with E-state index in [4.69, 9.17) is 5.73 Å². The SMILES string of the molecule is C=CC[C@@H](N)c1c(C)cccc1C.Cl. The van der Waals surface area contributed by atoms with E-state index in [1.54, 1.807) is 0 Å². The molecule has 2 heteroatoms. The lowest BCUT2D eigenvalue weighted by Crippen LogP contribution is -2.12. The quantitative estimate of drug-likeness (QED) is 0.763. The van der Waals surface area contributed by atoms with E-state index in [0.717, 1.165) is 6.42 Å². The van der Waals surface area contributed by atoms with Gasteiger partial charge >= 0.3 is 0 Å². The van der Waals surface area contributed by atoms with Gasteiger partial charge in [-0.25, -0.2) is 0 Å². The first kappa shape index (κ1) is 13.2. The number of rotatable bonds is 3. The molecule has 0 saturated carbocycles. The van der Waals surface area contributed by atoms with Gasteiger partial charge in [0.2, 0.25) is 0 Å². The van der Waals surface area contributed by atoms with E-state index in [2.05, 4.69) is 38.6 Å². The highest BCUT2D eigenvalue weighted by molar-refractivity contribution is 5.85. The molecular formula is C12H18ClN. The summed E-state index contributed by atoms with van der Waals surface area (Å²) in [6, 6.07) is 6.37. The zero-order valence-corrected chi connectivity index (χ0v) is 9.60. The molecule has 0 saturated heterocycles. The second-order valence-electron chi connectivity index (χ2n) is 3.44. The Balaban J connectivity index is 0.00000169. The van der Waals surface area contributed by atoms with Crippen LogP contribution in [0.15, 0.2) is 30.9 Å². The van der Waals surface area contributed by atoms with Crippen molar-refractivity contribution in [2.45, 2.75) is 26.3 Å². The Morgan fingerprint density at radius 3 is 2.29 bits per heavy atom. The lowest BCUT2D eigenvalue weighted by atomic mass is 9.95. The van der Waals surface area contributed by atoms with Gasteiger partial charge in [-0.05, 0) is 37.0 Å². The van der Waals surface area contributed by atoms with E-state index in [-0.39, 0.29) is 18.4 Å². The molecule has 0 fully saturated rings. The monoisotopic (exact) mass is 211 g/mol. The molecule has 14 heavy (non-hydrogen) atoms. The van der Waals surface area contributed by atoms with Crippen LogP contribution >= 0.6 is 12.4 Å². The fourth-order valence-corrected chi connectivity index (χ4v) is 1.71. The van der Waals surface area contributed by atoms with Crippen LogP contribution in [0.25, 0.3) is 0 Å². The van der Waals surface area contributed by atoms with Crippen molar-refractivity contribution in [3.8, 4) is 0 Å². The van der Waals surface area contributed by atoms with Crippen LogP contribution in [0.1, 0.15) is 29.2 Å². The summed E-state index contributed by atoms with van der Waals surface area (Å²) in [6.07, 6.45) is 2.71. The van der Waals surface area contributed by atoms with Gasteiger partial charge in [0, 0.05) is 6.04 Å². The van der Waals surface area contributed by atoms with Crippen molar-refractivity contribution in [1.82, 2.24) is 0 Å². The Bertz CT molecular complexity index is 287. The smallest absolute Gasteiger partial charge is 0.0334 e. The summed E-state index contributed by atoms with van der Waals surface area (Å²) in [7, 11) is 0. The standard InChI is InChI=1S/C12H17N.ClH/c1-4-6-11(13)12-9(2)7-5-8-10(12)3;/h4-5,7-8,11H,1,6,13H2,2-3H3;1H/t11-;/m1./s1. The van der Waals surface area contributed by atoms with Crippen molar-refractivity contribution in [1.29, 1.82) is 0 Å². The van der Waals surface area contributed by atoms with Crippen LogP contribution in [0.2, 0.25) is 0 Å². The Morgan fingerprint density at radius 2 is 1.86 bits per heavy atom. The highest BCUT2D eigenvalue weighted by Crippen LogP contribution is 2.22. The molecule has 0 aliphatic carbocycles. The van der Waals surface area contributed by atoms with E-state index in [1.807, 2.05) is 6.08 Å². The maximum Gasteiger partial charge on any atom is 0.0334 e. The number of hydrogen-bond donors (Lipinski definition) is 1. The maximum atomic E-state index is 6.04. The molecule has 1 nitrogen and oxygen atoms in total.